The number of rotatable bonds is 7. The third-order valence-corrected chi connectivity index (χ3v) is 3.35. The van der Waals surface area contributed by atoms with Gasteiger partial charge in [0.2, 0.25) is 5.91 Å². The van der Waals surface area contributed by atoms with Gasteiger partial charge in [0, 0.05) is 6.54 Å². The zero-order valence-electron chi connectivity index (χ0n) is 12.8. The number of carbonyl (C=O) groups is 1. The van der Waals surface area contributed by atoms with E-state index in [9.17, 15) is 4.79 Å². The standard InChI is InChI=1S/C18H22N2O2/c1-14-8-10-16(11-9-14)22-13-5-12-20-18(21)17(19)15-6-3-2-4-7-15/h2-4,6-11,17H,5,12-13,19H2,1H3,(H,20,21). The van der Waals surface area contributed by atoms with E-state index < -0.39 is 6.04 Å². The molecule has 0 aliphatic carbocycles. The number of carbonyl (C=O) groups excluding carboxylic acids is 1. The van der Waals surface area contributed by atoms with Gasteiger partial charge in [-0.2, -0.15) is 0 Å². The van der Waals surface area contributed by atoms with Gasteiger partial charge in [-0.15, -0.1) is 0 Å². The Balaban J connectivity index is 1.66. The number of ether oxygens (including phenoxy) is 1. The molecular formula is C18H22N2O2. The van der Waals surface area contributed by atoms with Crippen LogP contribution in [0.1, 0.15) is 23.6 Å². The van der Waals surface area contributed by atoms with Gasteiger partial charge in [-0.25, -0.2) is 0 Å². The normalized spacial score (nSPS) is 11.7. The number of nitrogens with two attached hydrogens (primary N) is 1. The predicted octanol–water partition coefficient (Wildman–Crippen LogP) is 2.58. The number of benzene rings is 2. The second kappa shape index (κ2) is 8.20. The lowest BCUT2D eigenvalue weighted by molar-refractivity contribution is -0.122. The highest BCUT2D eigenvalue weighted by atomic mass is 16.5. The Labute approximate surface area is 131 Å². The molecule has 0 bridgehead atoms. The lowest BCUT2D eigenvalue weighted by Gasteiger charge is -2.12. The van der Waals surface area contributed by atoms with E-state index in [1.54, 1.807) is 0 Å². The van der Waals surface area contributed by atoms with Crippen molar-refractivity contribution in [3.8, 4) is 5.75 Å². The van der Waals surface area contributed by atoms with Gasteiger partial charge in [-0.05, 0) is 31.0 Å². The van der Waals surface area contributed by atoms with Crippen LogP contribution in [0.3, 0.4) is 0 Å². The Bertz CT molecular complexity index is 582. The summed E-state index contributed by atoms with van der Waals surface area (Å²) in [4.78, 5) is 11.9. The third kappa shape index (κ3) is 4.90. The molecule has 1 unspecified atom stereocenters. The Morgan fingerprint density at radius 3 is 2.50 bits per heavy atom. The first-order valence-electron chi connectivity index (χ1n) is 7.44. The van der Waals surface area contributed by atoms with Crippen LogP contribution < -0.4 is 15.8 Å². The van der Waals surface area contributed by atoms with E-state index >= 15 is 0 Å². The first-order valence-corrected chi connectivity index (χ1v) is 7.44. The molecule has 0 aliphatic heterocycles. The topological polar surface area (TPSA) is 64.3 Å². The van der Waals surface area contributed by atoms with Gasteiger partial charge < -0.3 is 15.8 Å². The average Bonchev–Trinajstić information content (AvgIpc) is 2.56. The summed E-state index contributed by atoms with van der Waals surface area (Å²) in [6, 6.07) is 16.6. The summed E-state index contributed by atoms with van der Waals surface area (Å²) in [5.74, 6) is 0.680. The van der Waals surface area contributed by atoms with Crippen LogP contribution in [0.15, 0.2) is 54.6 Å². The van der Waals surface area contributed by atoms with Crippen molar-refractivity contribution in [2.24, 2.45) is 5.73 Å². The molecule has 0 saturated carbocycles. The monoisotopic (exact) mass is 298 g/mol. The summed E-state index contributed by atoms with van der Waals surface area (Å²) in [5, 5.41) is 2.83. The Hall–Kier alpha value is -2.33. The summed E-state index contributed by atoms with van der Waals surface area (Å²) in [7, 11) is 0. The summed E-state index contributed by atoms with van der Waals surface area (Å²) in [6.07, 6.45) is 0.737. The molecule has 0 saturated heterocycles. The molecule has 2 rings (SSSR count). The summed E-state index contributed by atoms with van der Waals surface area (Å²) < 4.78 is 5.61. The molecule has 0 radical (unpaired) electrons. The van der Waals surface area contributed by atoms with E-state index in [0.29, 0.717) is 13.2 Å². The van der Waals surface area contributed by atoms with Gasteiger partial charge in [0.15, 0.2) is 0 Å². The van der Waals surface area contributed by atoms with E-state index in [0.717, 1.165) is 17.7 Å². The van der Waals surface area contributed by atoms with Crippen LogP contribution in [0.5, 0.6) is 5.75 Å². The lowest BCUT2D eigenvalue weighted by atomic mass is 10.1. The Morgan fingerprint density at radius 2 is 1.82 bits per heavy atom. The van der Waals surface area contributed by atoms with E-state index in [1.807, 2.05) is 61.5 Å². The van der Waals surface area contributed by atoms with Crippen LogP contribution in [0.4, 0.5) is 0 Å². The molecule has 4 heteroatoms. The molecule has 0 spiro atoms. The lowest BCUT2D eigenvalue weighted by Crippen LogP contribution is -2.35. The minimum absolute atomic E-state index is 0.165. The van der Waals surface area contributed by atoms with Crippen molar-refractivity contribution in [3.05, 3.63) is 65.7 Å². The van der Waals surface area contributed by atoms with Crippen LogP contribution >= 0.6 is 0 Å². The zero-order valence-corrected chi connectivity index (χ0v) is 12.8. The average molecular weight is 298 g/mol. The number of hydrogen-bond donors (Lipinski definition) is 2. The Morgan fingerprint density at radius 1 is 1.14 bits per heavy atom. The maximum atomic E-state index is 11.9. The van der Waals surface area contributed by atoms with Gasteiger partial charge in [-0.1, -0.05) is 48.0 Å². The van der Waals surface area contributed by atoms with E-state index in [-0.39, 0.29) is 5.91 Å². The van der Waals surface area contributed by atoms with Crippen molar-refractivity contribution in [1.29, 1.82) is 0 Å². The summed E-state index contributed by atoms with van der Waals surface area (Å²) in [5.41, 5.74) is 7.93. The maximum Gasteiger partial charge on any atom is 0.241 e. The molecule has 116 valence electrons. The Kier molecular flexibility index (Phi) is 5.98. The van der Waals surface area contributed by atoms with Crippen molar-refractivity contribution in [3.63, 3.8) is 0 Å². The first kappa shape index (κ1) is 16.0. The van der Waals surface area contributed by atoms with Crippen molar-refractivity contribution in [2.75, 3.05) is 13.2 Å². The van der Waals surface area contributed by atoms with Gasteiger partial charge >= 0.3 is 0 Å². The van der Waals surface area contributed by atoms with Crippen molar-refractivity contribution in [1.82, 2.24) is 5.32 Å². The third-order valence-electron chi connectivity index (χ3n) is 3.35. The highest BCUT2D eigenvalue weighted by Crippen LogP contribution is 2.11. The molecule has 4 nitrogen and oxygen atoms in total. The zero-order chi connectivity index (χ0) is 15.8. The van der Waals surface area contributed by atoms with Gasteiger partial charge in [0.1, 0.15) is 11.8 Å². The molecule has 1 atom stereocenters. The fraction of sp³-hybridized carbons (Fsp3) is 0.278. The molecule has 1 amide bonds. The van der Waals surface area contributed by atoms with Crippen LogP contribution in [0, 0.1) is 6.92 Å². The van der Waals surface area contributed by atoms with Crippen LogP contribution in [0.25, 0.3) is 0 Å². The SMILES string of the molecule is Cc1ccc(OCCCNC(=O)C(N)c2ccccc2)cc1. The van der Waals surface area contributed by atoms with Crippen molar-refractivity contribution >= 4 is 5.91 Å². The van der Waals surface area contributed by atoms with E-state index in [2.05, 4.69) is 5.32 Å². The number of amides is 1. The van der Waals surface area contributed by atoms with Crippen LogP contribution in [-0.4, -0.2) is 19.1 Å². The number of hydrogen-bond acceptors (Lipinski definition) is 3. The van der Waals surface area contributed by atoms with Crippen molar-refractivity contribution in [2.45, 2.75) is 19.4 Å². The predicted molar refractivity (Wildman–Crippen MR) is 87.7 cm³/mol. The van der Waals surface area contributed by atoms with Crippen LogP contribution in [0.2, 0.25) is 0 Å². The van der Waals surface area contributed by atoms with Crippen LogP contribution in [-0.2, 0) is 4.79 Å². The summed E-state index contributed by atoms with van der Waals surface area (Å²) in [6.45, 7) is 3.14. The molecule has 0 aromatic heterocycles. The number of nitrogens with one attached hydrogen (secondary N) is 1. The molecule has 3 N–H and O–H groups in total. The fourth-order valence-corrected chi connectivity index (χ4v) is 2.03. The highest BCUT2D eigenvalue weighted by Gasteiger charge is 2.14. The second-order valence-corrected chi connectivity index (χ2v) is 5.19. The van der Waals surface area contributed by atoms with Gasteiger partial charge in [-0.3, -0.25) is 4.79 Å². The quantitative estimate of drug-likeness (QED) is 0.772. The van der Waals surface area contributed by atoms with Gasteiger partial charge in [0.25, 0.3) is 0 Å². The minimum Gasteiger partial charge on any atom is -0.494 e. The van der Waals surface area contributed by atoms with E-state index in [1.165, 1.54) is 5.56 Å². The smallest absolute Gasteiger partial charge is 0.241 e. The van der Waals surface area contributed by atoms with Crippen molar-refractivity contribution < 1.29 is 9.53 Å². The number of aryl methyl sites for hydroxylation is 1. The first-order chi connectivity index (χ1) is 10.7. The molecule has 0 fully saturated rings. The minimum atomic E-state index is -0.626. The molecule has 2 aromatic carbocycles. The second-order valence-electron chi connectivity index (χ2n) is 5.19. The largest absolute Gasteiger partial charge is 0.494 e. The molecular weight excluding hydrogens is 276 g/mol. The van der Waals surface area contributed by atoms with Gasteiger partial charge in [0.05, 0.1) is 6.61 Å². The molecule has 2 aromatic rings. The molecule has 22 heavy (non-hydrogen) atoms. The summed E-state index contributed by atoms with van der Waals surface area (Å²) >= 11 is 0. The fourth-order valence-electron chi connectivity index (χ4n) is 2.03. The maximum absolute atomic E-state index is 11.9. The van der Waals surface area contributed by atoms with E-state index in [4.69, 9.17) is 10.5 Å². The highest BCUT2D eigenvalue weighted by molar-refractivity contribution is 5.82. The molecule has 0 aliphatic rings. The molecule has 0 heterocycles.